The fourth-order valence-corrected chi connectivity index (χ4v) is 3.61. The van der Waals surface area contributed by atoms with Crippen molar-refractivity contribution >= 4 is 27.5 Å². The molecule has 0 unspecified atom stereocenters. The lowest BCUT2D eigenvalue weighted by Gasteiger charge is -2.05. The molecule has 0 N–H and O–H groups in total. The summed E-state index contributed by atoms with van der Waals surface area (Å²) < 4.78 is 8.66. The summed E-state index contributed by atoms with van der Waals surface area (Å²) in [6.45, 7) is 6.59. The number of ether oxygens (including phenoxy) is 1. The van der Waals surface area contributed by atoms with E-state index in [-0.39, 0.29) is 5.91 Å². The maximum absolute atomic E-state index is 12.5. The van der Waals surface area contributed by atoms with Crippen molar-refractivity contribution in [3.05, 3.63) is 57.9 Å². The van der Waals surface area contributed by atoms with E-state index in [1.54, 1.807) is 0 Å². The highest BCUT2D eigenvalue weighted by Gasteiger charge is 2.11. The van der Waals surface area contributed by atoms with E-state index in [4.69, 9.17) is 4.74 Å². The van der Waals surface area contributed by atoms with Crippen molar-refractivity contribution in [2.24, 2.45) is 12.0 Å². The highest BCUT2D eigenvalue weighted by Crippen LogP contribution is 2.26. The number of thiazole rings is 1. The number of para-hydroxylation sites is 1. The molecule has 0 saturated carbocycles. The van der Waals surface area contributed by atoms with Gasteiger partial charge in [-0.05, 0) is 56.2 Å². The number of benzene rings is 2. The lowest BCUT2D eigenvalue weighted by atomic mass is 10.1. The smallest absolute Gasteiger partial charge is 0.279 e. The van der Waals surface area contributed by atoms with Crippen LogP contribution >= 0.6 is 11.3 Å². The molecule has 3 rings (SSSR count). The predicted octanol–water partition coefficient (Wildman–Crippen LogP) is 4.00. The Morgan fingerprint density at radius 1 is 1.21 bits per heavy atom. The van der Waals surface area contributed by atoms with Gasteiger partial charge in [-0.1, -0.05) is 23.5 Å². The van der Waals surface area contributed by atoms with Crippen molar-refractivity contribution in [2.75, 3.05) is 6.61 Å². The minimum absolute atomic E-state index is 0.224. The van der Waals surface area contributed by atoms with Gasteiger partial charge in [-0.25, -0.2) is 0 Å². The summed E-state index contributed by atoms with van der Waals surface area (Å²) in [6.07, 6.45) is 0. The predicted molar refractivity (Wildman–Crippen MR) is 97.8 cm³/mol. The zero-order valence-electron chi connectivity index (χ0n) is 14.3. The van der Waals surface area contributed by atoms with Gasteiger partial charge in [-0.2, -0.15) is 4.99 Å². The Bertz CT molecular complexity index is 983. The number of carbonyl (C=O) groups is 1. The van der Waals surface area contributed by atoms with Gasteiger partial charge in [0.05, 0.1) is 11.3 Å². The average molecular weight is 340 g/mol. The third-order valence-electron chi connectivity index (χ3n) is 4.04. The van der Waals surface area contributed by atoms with Gasteiger partial charge in [0, 0.05) is 12.6 Å². The van der Waals surface area contributed by atoms with Gasteiger partial charge in [-0.3, -0.25) is 4.79 Å². The first-order valence-corrected chi connectivity index (χ1v) is 8.70. The number of hydrogen-bond donors (Lipinski definition) is 0. The minimum Gasteiger partial charge on any atom is -0.492 e. The lowest BCUT2D eigenvalue weighted by Crippen LogP contribution is -2.13. The number of hydrogen-bond acceptors (Lipinski definition) is 3. The maximum Gasteiger partial charge on any atom is 0.279 e. The molecule has 4 nitrogen and oxygen atoms in total. The van der Waals surface area contributed by atoms with Crippen LogP contribution in [0, 0.1) is 13.8 Å². The summed E-state index contributed by atoms with van der Waals surface area (Å²) in [4.78, 5) is 17.5. The second-order valence-corrected chi connectivity index (χ2v) is 6.70. The topological polar surface area (TPSA) is 43.6 Å². The van der Waals surface area contributed by atoms with Crippen molar-refractivity contribution < 1.29 is 9.53 Å². The van der Waals surface area contributed by atoms with Crippen LogP contribution in [-0.4, -0.2) is 17.1 Å². The Hall–Kier alpha value is -2.40. The van der Waals surface area contributed by atoms with E-state index in [2.05, 4.69) is 4.99 Å². The molecule has 1 heterocycles. The summed E-state index contributed by atoms with van der Waals surface area (Å²) in [5.41, 5.74) is 3.84. The molecule has 0 aliphatic rings. The van der Waals surface area contributed by atoms with Gasteiger partial charge in [0.15, 0.2) is 4.80 Å². The molecule has 2 aromatic carbocycles. The summed E-state index contributed by atoms with van der Waals surface area (Å²) in [6, 6.07) is 11.6. The number of aryl methyl sites for hydroxylation is 3. The summed E-state index contributed by atoms with van der Waals surface area (Å²) in [5.74, 6) is 0.590. The molecule has 0 fully saturated rings. The zero-order chi connectivity index (χ0) is 17.3. The Labute approximate surface area is 145 Å². The molecule has 0 radical (unpaired) electrons. The van der Waals surface area contributed by atoms with Crippen molar-refractivity contribution in [1.82, 2.24) is 4.57 Å². The largest absolute Gasteiger partial charge is 0.492 e. The van der Waals surface area contributed by atoms with Crippen LogP contribution < -0.4 is 9.54 Å². The van der Waals surface area contributed by atoms with E-state index in [9.17, 15) is 4.79 Å². The Balaban J connectivity index is 2.10. The molecule has 5 heteroatoms. The van der Waals surface area contributed by atoms with E-state index in [1.807, 2.05) is 68.8 Å². The average Bonchev–Trinajstić information content (AvgIpc) is 2.87. The lowest BCUT2D eigenvalue weighted by molar-refractivity contribution is 0.0998. The molecule has 0 saturated heterocycles. The second-order valence-electron chi connectivity index (χ2n) is 5.70. The molecule has 0 aliphatic carbocycles. The standard InChI is InChI=1S/C19H20N2O2S/c1-5-23-15-7-6-8-16-17(15)21(4)19(24-16)20-18(22)14-10-9-12(2)13(3)11-14/h6-11H,5H2,1-4H3. The van der Waals surface area contributed by atoms with Crippen LogP contribution in [-0.2, 0) is 7.05 Å². The van der Waals surface area contributed by atoms with Crippen molar-refractivity contribution in [1.29, 1.82) is 0 Å². The molecule has 3 aromatic rings. The van der Waals surface area contributed by atoms with Crippen LogP contribution in [0.5, 0.6) is 5.75 Å². The normalized spacial score (nSPS) is 11.9. The maximum atomic E-state index is 12.5. The molecule has 0 aliphatic heterocycles. The van der Waals surface area contributed by atoms with E-state index < -0.39 is 0 Å². The molecular formula is C19H20N2O2S. The molecular weight excluding hydrogens is 320 g/mol. The van der Waals surface area contributed by atoms with Crippen LogP contribution in [0.25, 0.3) is 10.2 Å². The Morgan fingerprint density at radius 2 is 2.00 bits per heavy atom. The molecule has 1 amide bonds. The number of carbonyl (C=O) groups excluding carboxylic acids is 1. The summed E-state index contributed by atoms with van der Waals surface area (Å²) in [5, 5.41) is 0. The minimum atomic E-state index is -0.224. The zero-order valence-corrected chi connectivity index (χ0v) is 15.1. The van der Waals surface area contributed by atoms with Gasteiger partial charge < -0.3 is 9.30 Å². The first-order valence-electron chi connectivity index (χ1n) is 7.89. The number of aromatic nitrogens is 1. The molecule has 0 spiro atoms. The SMILES string of the molecule is CCOc1cccc2sc(=NC(=O)c3ccc(C)c(C)c3)n(C)c12. The number of nitrogens with zero attached hydrogens (tertiary/aromatic N) is 2. The first-order chi connectivity index (χ1) is 11.5. The quantitative estimate of drug-likeness (QED) is 0.723. The van der Waals surface area contributed by atoms with Crippen LogP contribution in [0.2, 0.25) is 0 Å². The van der Waals surface area contributed by atoms with E-state index >= 15 is 0 Å². The first kappa shape index (κ1) is 16.5. The second kappa shape index (κ2) is 6.61. The van der Waals surface area contributed by atoms with Gasteiger partial charge in [-0.15, -0.1) is 0 Å². The van der Waals surface area contributed by atoms with Gasteiger partial charge in [0.2, 0.25) is 0 Å². The van der Waals surface area contributed by atoms with Gasteiger partial charge in [0.1, 0.15) is 11.3 Å². The van der Waals surface area contributed by atoms with Gasteiger partial charge in [0.25, 0.3) is 5.91 Å². The summed E-state index contributed by atoms with van der Waals surface area (Å²) >= 11 is 1.49. The molecule has 124 valence electrons. The number of fused-ring (bicyclic) bond motifs is 1. The third kappa shape index (κ3) is 2.99. The highest BCUT2D eigenvalue weighted by atomic mass is 32.1. The summed E-state index contributed by atoms with van der Waals surface area (Å²) in [7, 11) is 1.91. The Kier molecular flexibility index (Phi) is 4.53. The van der Waals surface area contributed by atoms with Crippen LogP contribution in [0.3, 0.4) is 0 Å². The van der Waals surface area contributed by atoms with E-state index in [1.165, 1.54) is 16.9 Å². The fourth-order valence-electron chi connectivity index (χ4n) is 2.57. The van der Waals surface area contributed by atoms with Crippen molar-refractivity contribution in [2.45, 2.75) is 20.8 Å². The fraction of sp³-hybridized carbons (Fsp3) is 0.263. The van der Waals surface area contributed by atoms with Crippen LogP contribution in [0.1, 0.15) is 28.4 Å². The number of rotatable bonds is 3. The Morgan fingerprint density at radius 3 is 2.71 bits per heavy atom. The molecule has 0 atom stereocenters. The van der Waals surface area contributed by atoms with Crippen LogP contribution in [0.15, 0.2) is 41.4 Å². The third-order valence-corrected chi connectivity index (χ3v) is 5.13. The van der Waals surface area contributed by atoms with E-state index in [0.717, 1.165) is 21.5 Å². The van der Waals surface area contributed by atoms with Crippen molar-refractivity contribution in [3.63, 3.8) is 0 Å². The molecule has 0 bridgehead atoms. The number of amides is 1. The van der Waals surface area contributed by atoms with Crippen molar-refractivity contribution in [3.8, 4) is 5.75 Å². The monoisotopic (exact) mass is 340 g/mol. The molecule has 1 aromatic heterocycles. The van der Waals surface area contributed by atoms with E-state index in [0.29, 0.717) is 17.0 Å². The molecule has 24 heavy (non-hydrogen) atoms. The van der Waals surface area contributed by atoms with Gasteiger partial charge >= 0.3 is 0 Å². The highest BCUT2D eigenvalue weighted by molar-refractivity contribution is 7.16. The van der Waals surface area contributed by atoms with Crippen LogP contribution in [0.4, 0.5) is 0 Å².